The molecule has 0 bridgehead atoms. The molecule has 0 saturated carbocycles. The molecule has 0 spiro atoms. The molecule has 21 heavy (non-hydrogen) atoms. The van der Waals surface area contributed by atoms with Gasteiger partial charge >= 0.3 is 0 Å². The minimum Gasteiger partial charge on any atom is -0.457 e. The third-order valence-corrected chi connectivity index (χ3v) is 4.26. The third kappa shape index (κ3) is 2.98. The van der Waals surface area contributed by atoms with Crippen molar-refractivity contribution in [2.45, 2.75) is 12.5 Å². The number of rotatable bonds is 3. The van der Waals surface area contributed by atoms with Gasteiger partial charge in [-0.2, -0.15) is 0 Å². The second kappa shape index (κ2) is 5.79. The summed E-state index contributed by atoms with van der Waals surface area (Å²) >= 11 is 9.42. The van der Waals surface area contributed by atoms with Crippen LogP contribution in [0.3, 0.4) is 0 Å². The van der Waals surface area contributed by atoms with Crippen molar-refractivity contribution in [1.82, 2.24) is 0 Å². The fourth-order valence-electron chi connectivity index (χ4n) is 2.22. The second-order valence-electron chi connectivity index (χ2n) is 4.76. The van der Waals surface area contributed by atoms with E-state index in [2.05, 4.69) is 15.9 Å². The van der Waals surface area contributed by atoms with Gasteiger partial charge < -0.3 is 9.52 Å². The van der Waals surface area contributed by atoms with E-state index in [1.54, 1.807) is 6.07 Å². The number of aliphatic hydroxyl groups is 1. The number of hydrogen-bond donors (Lipinski definition) is 1. The van der Waals surface area contributed by atoms with E-state index in [9.17, 15) is 9.50 Å². The number of halogens is 3. The Morgan fingerprint density at radius 2 is 2.05 bits per heavy atom. The average Bonchev–Trinajstić information content (AvgIpc) is 2.88. The largest absolute Gasteiger partial charge is 0.457 e. The Balaban J connectivity index is 1.91. The van der Waals surface area contributed by atoms with E-state index >= 15 is 0 Å². The molecule has 0 fully saturated rings. The summed E-state index contributed by atoms with van der Waals surface area (Å²) < 4.78 is 19.7. The van der Waals surface area contributed by atoms with Crippen LogP contribution in [0.25, 0.3) is 11.0 Å². The number of hydrogen-bond acceptors (Lipinski definition) is 2. The van der Waals surface area contributed by atoms with Gasteiger partial charge in [-0.3, -0.25) is 0 Å². The van der Waals surface area contributed by atoms with Gasteiger partial charge in [0.15, 0.2) is 0 Å². The maximum absolute atomic E-state index is 13.3. The molecule has 1 atom stereocenters. The predicted molar refractivity (Wildman–Crippen MR) is 84.0 cm³/mol. The minimum atomic E-state index is -0.886. The molecule has 0 amide bonds. The monoisotopic (exact) mass is 368 g/mol. The van der Waals surface area contributed by atoms with E-state index in [1.807, 2.05) is 18.2 Å². The van der Waals surface area contributed by atoms with Crippen molar-refractivity contribution in [1.29, 1.82) is 0 Å². The van der Waals surface area contributed by atoms with Gasteiger partial charge in [0.25, 0.3) is 0 Å². The molecular weight excluding hydrogens is 359 g/mol. The van der Waals surface area contributed by atoms with Crippen molar-refractivity contribution >= 4 is 38.5 Å². The normalized spacial score (nSPS) is 12.8. The van der Waals surface area contributed by atoms with Gasteiger partial charge in [-0.25, -0.2) is 4.39 Å². The maximum Gasteiger partial charge on any atom is 0.148 e. The van der Waals surface area contributed by atoms with Crippen molar-refractivity contribution in [2.75, 3.05) is 0 Å². The summed E-state index contributed by atoms with van der Waals surface area (Å²) in [6.45, 7) is 0. The molecule has 2 aromatic carbocycles. The summed E-state index contributed by atoms with van der Waals surface area (Å²) in [5.74, 6) is 0.0474. The van der Waals surface area contributed by atoms with Gasteiger partial charge in [0, 0.05) is 16.8 Å². The Morgan fingerprint density at radius 3 is 2.81 bits per heavy atom. The van der Waals surface area contributed by atoms with Gasteiger partial charge in [0.2, 0.25) is 0 Å². The van der Waals surface area contributed by atoms with Crippen LogP contribution in [-0.2, 0) is 6.42 Å². The summed E-state index contributed by atoms with van der Waals surface area (Å²) in [4.78, 5) is 0. The van der Waals surface area contributed by atoms with Crippen LogP contribution in [0, 0.1) is 5.82 Å². The highest BCUT2D eigenvalue weighted by Crippen LogP contribution is 2.31. The zero-order valence-corrected chi connectivity index (χ0v) is 13.2. The smallest absolute Gasteiger partial charge is 0.148 e. The van der Waals surface area contributed by atoms with E-state index < -0.39 is 6.10 Å². The molecule has 2 nitrogen and oxygen atoms in total. The Hall–Kier alpha value is -1.36. The lowest BCUT2D eigenvalue weighted by atomic mass is 10.1. The van der Waals surface area contributed by atoms with Crippen LogP contribution in [0.5, 0.6) is 0 Å². The molecule has 3 rings (SSSR count). The molecule has 0 saturated heterocycles. The summed E-state index contributed by atoms with van der Waals surface area (Å²) in [6, 6.07) is 11.5. The summed E-state index contributed by atoms with van der Waals surface area (Å²) in [6.07, 6.45) is -0.697. The molecule has 0 aliphatic heterocycles. The quantitative estimate of drug-likeness (QED) is 0.683. The number of para-hydroxylation sites is 1. The van der Waals surface area contributed by atoms with Crippen molar-refractivity contribution in [3.8, 4) is 0 Å². The molecule has 3 aromatic rings. The highest BCUT2D eigenvalue weighted by atomic mass is 79.9. The van der Waals surface area contributed by atoms with Crippen LogP contribution in [-0.4, -0.2) is 5.11 Å². The lowest BCUT2D eigenvalue weighted by Gasteiger charge is -2.09. The molecule has 1 N–H and O–H groups in total. The molecule has 0 aliphatic carbocycles. The topological polar surface area (TPSA) is 33.4 Å². The fraction of sp³-hybridized carbons (Fsp3) is 0.125. The van der Waals surface area contributed by atoms with Crippen LogP contribution in [0.4, 0.5) is 4.39 Å². The van der Waals surface area contributed by atoms with Crippen molar-refractivity contribution in [2.24, 2.45) is 0 Å². The highest BCUT2D eigenvalue weighted by Gasteiger charge is 2.17. The number of aliphatic hydroxyl groups excluding tert-OH is 1. The first kappa shape index (κ1) is 14.6. The van der Waals surface area contributed by atoms with Gasteiger partial charge in [-0.05, 0) is 51.8 Å². The zero-order valence-electron chi connectivity index (χ0n) is 10.8. The molecule has 1 unspecified atom stereocenters. The van der Waals surface area contributed by atoms with E-state index in [4.69, 9.17) is 16.0 Å². The molecule has 1 heterocycles. The first-order valence-electron chi connectivity index (χ1n) is 6.34. The van der Waals surface area contributed by atoms with Crippen LogP contribution in [0.2, 0.25) is 5.02 Å². The second-order valence-corrected chi connectivity index (χ2v) is 6.02. The predicted octanol–water partition coefficient (Wildman–Crippen LogP) is 5.26. The van der Waals surface area contributed by atoms with Crippen LogP contribution in [0.1, 0.15) is 17.4 Å². The van der Waals surface area contributed by atoms with E-state index in [0.717, 1.165) is 9.86 Å². The molecule has 1 aromatic heterocycles. The molecule has 0 radical (unpaired) electrons. The first-order chi connectivity index (χ1) is 10.0. The van der Waals surface area contributed by atoms with Crippen LogP contribution < -0.4 is 0 Å². The standard InChI is InChI=1S/C16H11BrClFO2/c17-12-3-1-2-9-8-15(21-16(9)12)14(20)7-10-6-11(19)4-5-13(10)18/h1-6,8,14,20H,7H2. The van der Waals surface area contributed by atoms with E-state index in [1.165, 1.54) is 18.2 Å². The van der Waals surface area contributed by atoms with Gasteiger partial charge in [0.05, 0.1) is 4.47 Å². The summed E-state index contributed by atoms with van der Waals surface area (Å²) in [7, 11) is 0. The maximum atomic E-state index is 13.3. The Kier molecular flexibility index (Phi) is 4.02. The van der Waals surface area contributed by atoms with Crippen molar-refractivity contribution < 1.29 is 13.9 Å². The van der Waals surface area contributed by atoms with Gasteiger partial charge in [-0.1, -0.05) is 23.7 Å². The summed E-state index contributed by atoms with van der Waals surface area (Å²) in [5, 5.41) is 11.6. The minimum absolute atomic E-state index is 0.189. The lowest BCUT2D eigenvalue weighted by molar-refractivity contribution is 0.152. The van der Waals surface area contributed by atoms with Crippen molar-refractivity contribution in [3.63, 3.8) is 0 Å². The number of fused-ring (bicyclic) bond motifs is 1. The molecule has 108 valence electrons. The number of benzene rings is 2. The van der Waals surface area contributed by atoms with Crippen molar-refractivity contribution in [3.05, 3.63) is 69.1 Å². The molecule has 5 heteroatoms. The zero-order chi connectivity index (χ0) is 15.0. The Labute approximate surface area is 134 Å². The van der Waals surface area contributed by atoms with E-state index in [-0.39, 0.29) is 12.2 Å². The average molecular weight is 370 g/mol. The molecular formula is C16H11BrClFO2. The van der Waals surface area contributed by atoms with Gasteiger partial charge in [0.1, 0.15) is 23.3 Å². The van der Waals surface area contributed by atoms with Crippen LogP contribution in [0.15, 0.2) is 51.4 Å². The third-order valence-electron chi connectivity index (χ3n) is 3.26. The lowest BCUT2D eigenvalue weighted by Crippen LogP contribution is -2.01. The van der Waals surface area contributed by atoms with Gasteiger partial charge in [-0.15, -0.1) is 0 Å². The SMILES string of the molecule is OC(Cc1cc(F)ccc1Cl)c1cc2cccc(Br)c2o1. The Morgan fingerprint density at radius 1 is 1.24 bits per heavy atom. The fourth-order valence-corrected chi connectivity index (χ4v) is 2.88. The Bertz CT molecular complexity index is 800. The summed E-state index contributed by atoms with van der Waals surface area (Å²) in [5.41, 5.74) is 1.22. The highest BCUT2D eigenvalue weighted by molar-refractivity contribution is 9.10. The molecule has 0 aliphatic rings. The first-order valence-corrected chi connectivity index (χ1v) is 7.51. The van der Waals surface area contributed by atoms with Crippen LogP contribution >= 0.6 is 27.5 Å². The number of furan rings is 1. The van der Waals surface area contributed by atoms with E-state index in [0.29, 0.717) is 21.9 Å².